The van der Waals surface area contributed by atoms with Crippen LogP contribution in [0.15, 0.2) is 53.2 Å². The Morgan fingerprint density at radius 3 is 2.52 bits per heavy atom. The quantitative estimate of drug-likeness (QED) is 0.663. The van der Waals surface area contributed by atoms with Crippen LogP contribution in [0.4, 0.5) is 4.39 Å². The molecule has 4 nitrogen and oxygen atoms in total. The standard InChI is InChI=1S/C18H15FN2O2S2/c19-14-4-2-13(3-5-14)15-6-7-16(25-15)18(23)21-20-17(22)8-1-12-9-10-24-11-12/h2-7,9-11H,1,8H2,(H,20,22)(H,21,23). The Balaban J connectivity index is 1.51. The van der Waals surface area contributed by atoms with Crippen LogP contribution >= 0.6 is 22.7 Å². The van der Waals surface area contributed by atoms with E-state index in [2.05, 4.69) is 10.9 Å². The van der Waals surface area contributed by atoms with Crippen molar-refractivity contribution in [1.29, 1.82) is 0 Å². The number of carbonyl (C=O) groups is 2. The number of aryl methyl sites for hydroxylation is 1. The van der Waals surface area contributed by atoms with Gasteiger partial charge in [-0.2, -0.15) is 11.3 Å². The van der Waals surface area contributed by atoms with E-state index < -0.39 is 0 Å². The van der Waals surface area contributed by atoms with Crippen LogP contribution in [-0.2, 0) is 11.2 Å². The molecule has 0 bridgehead atoms. The van der Waals surface area contributed by atoms with Gasteiger partial charge in [-0.1, -0.05) is 12.1 Å². The van der Waals surface area contributed by atoms with Gasteiger partial charge in [0.15, 0.2) is 0 Å². The summed E-state index contributed by atoms with van der Waals surface area (Å²) in [5.74, 6) is -0.916. The lowest BCUT2D eigenvalue weighted by Crippen LogP contribution is -2.41. The first kappa shape index (κ1) is 17.3. The molecule has 128 valence electrons. The second-order valence-electron chi connectivity index (χ2n) is 5.30. The van der Waals surface area contributed by atoms with Gasteiger partial charge in [-0.15, -0.1) is 11.3 Å². The lowest BCUT2D eigenvalue weighted by atomic mass is 10.2. The van der Waals surface area contributed by atoms with Crippen LogP contribution in [0.25, 0.3) is 10.4 Å². The van der Waals surface area contributed by atoms with E-state index in [-0.39, 0.29) is 17.6 Å². The van der Waals surface area contributed by atoms with Crippen LogP contribution in [-0.4, -0.2) is 11.8 Å². The lowest BCUT2D eigenvalue weighted by molar-refractivity contribution is -0.121. The summed E-state index contributed by atoms with van der Waals surface area (Å²) in [5, 5.41) is 3.96. The van der Waals surface area contributed by atoms with Crippen molar-refractivity contribution in [2.75, 3.05) is 0 Å². The molecule has 0 fully saturated rings. The number of thiophene rings is 2. The van der Waals surface area contributed by atoms with E-state index in [1.807, 2.05) is 16.8 Å². The summed E-state index contributed by atoms with van der Waals surface area (Å²) >= 11 is 2.87. The molecule has 2 heterocycles. The molecule has 2 amide bonds. The third-order valence-electron chi connectivity index (χ3n) is 3.49. The molecular weight excluding hydrogens is 359 g/mol. The van der Waals surface area contributed by atoms with Crippen LogP contribution < -0.4 is 10.9 Å². The number of halogens is 1. The minimum Gasteiger partial charge on any atom is -0.273 e. The Morgan fingerprint density at radius 1 is 1.00 bits per heavy atom. The second kappa shape index (κ2) is 8.04. The molecule has 0 radical (unpaired) electrons. The second-order valence-corrected chi connectivity index (χ2v) is 7.17. The first-order valence-corrected chi connectivity index (χ1v) is 9.34. The van der Waals surface area contributed by atoms with Gasteiger partial charge in [-0.3, -0.25) is 20.4 Å². The van der Waals surface area contributed by atoms with Crippen molar-refractivity contribution in [3.8, 4) is 10.4 Å². The number of nitrogens with one attached hydrogen (secondary N) is 2. The van der Waals surface area contributed by atoms with Crippen molar-refractivity contribution in [3.63, 3.8) is 0 Å². The first-order valence-electron chi connectivity index (χ1n) is 7.58. The zero-order valence-electron chi connectivity index (χ0n) is 13.1. The van der Waals surface area contributed by atoms with E-state index in [0.29, 0.717) is 17.7 Å². The number of amides is 2. The van der Waals surface area contributed by atoms with E-state index >= 15 is 0 Å². The minimum absolute atomic E-state index is 0.241. The summed E-state index contributed by atoms with van der Waals surface area (Å²) in [4.78, 5) is 25.2. The van der Waals surface area contributed by atoms with Crippen LogP contribution in [0, 0.1) is 5.82 Å². The molecule has 3 rings (SSSR count). The highest BCUT2D eigenvalue weighted by Gasteiger charge is 2.11. The molecule has 0 saturated heterocycles. The normalized spacial score (nSPS) is 10.4. The molecule has 1 aromatic carbocycles. The molecule has 7 heteroatoms. The minimum atomic E-state index is -0.373. The maximum absolute atomic E-state index is 13.0. The third kappa shape index (κ3) is 4.74. The molecule has 0 aliphatic rings. The largest absolute Gasteiger partial charge is 0.279 e. The monoisotopic (exact) mass is 374 g/mol. The maximum atomic E-state index is 13.0. The number of benzene rings is 1. The first-order chi connectivity index (χ1) is 12.1. The Labute approximate surface area is 152 Å². The molecule has 0 aliphatic carbocycles. The van der Waals surface area contributed by atoms with Gasteiger partial charge < -0.3 is 0 Å². The molecule has 0 saturated carbocycles. The fourth-order valence-corrected chi connectivity index (χ4v) is 3.78. The molecular formula is C18H15FN2O2S2. The van der Waals surface area contributed by atoms with Crippen molar-refractivity contribution in [2.45, 2.75) is 12.8 Å². The predicted octanol–water partition coefficient (Wildman–Crippen LogP) is 4.01. The smallest absolute Gasteiger partial charge is 0.273 e. The van der Waals surface area contributed by atoms with E-state index in [9.17, 15) is 14.0 Å². The van der Waals surface area contributed by atoms with Crippen molar-refractivity contribution in [1.82, 2.24) is 10.9 Å². The molecule has 0 spiro atoms. The fourth-order valence-electron chi connectivity index (χ4n) is 2.17. The zero-order chi connectivity index (χ0) is 17.6. The Morgan fingerprint density at radius 2 is 1.80 bits per heavy atom. The number of hydrogen-bond acceptors (Lipinski definition) is 4. The molecule has 0 atom stereocenters. The van der Waals surface area contributed by atoms with Gasteiger partial charge >= 0.3 is 0 Å². The molecule has 2 N–H and O–H groups in total. The van der Waals surface area contributed by atoms with E-state index in [4.69, 9.17) is 0 Å². The van der Waals surface area contributed by atoms with Gasteiger partial charge in [0, 0.05) is 11.3 Å². The van der Waals surface area contributed by atoms with Crippen LogP contribution in [0.3, 0.4) is 0 Å². The average molecular weight is 374 g/mol. The predicted molar refractivity (Wildman–Crippen MR) is 98.0 cm³/mol. The van der Waals surface area contributed by atoms with E-state index in [1.54, 1.807) is 35.6 Å². The Bertz CT molecular complexity index is 858. The third-order valence-corrected chi connectivity index (χ3v) is 5.36. The van der Waals surface area contributed by atoms with Crippen molar-refractivity contribution >= 4 is 34.5 Å². The lowest BCUT2D eigenvalue weighted by Gasteiger charge is -2.05. The molecule has 0 aliphatic heterocycles. The topological polar surface area (TPSA) is 58.2 Å². The molecule has 2 aromatic heterocycles. The molecule has 0 unspecified atom stereocenters. The number of hydrogen-bond donors (Lipinski definition) is 2. The summed E-state index contributed by atoms with van der Waals surface area (Å²) in [7, 11) is 0. The van der Waals surface area contributed by atoms with Crippen LogP contribution in [0.5, 0.6) is 0 Å². The Hall–Kier alpha value is -2.51. The Kier molecular flexibility index (Phi) is 5.57. The molecule has 25 heavy (non-hydrogen) atoms. The number of rotatable bonds is 5. The van der Waals surface area contributed by atoms with Gasteiger partial charge in [-0.05, 0) is 58.6 Å². The van der Waals surface area contributed by atoms with Crippen molar-refractivity contribution < 1.29 is 14.0 Å². The van der Waals surface area contributed by atoms with Crippen LogP contribution in [0.2, 0.25) is 0 Å². The summed E-state index contributed by atoms with van der Waals surface area (Å²) in [6, 6.07) is 11.5. The summed E-state index contributed by atoms with van der Waals surface area (Å²) in [5.41, 5.74) is 6.78. The number of hydrazine groups is 1. The summed E-state index contributed by atoms with van der Waals surface area (Å²) in [6.45, 7) is 0. The van der Waals surface area contributed by atoms with Gasteiger partial charge in [0.05, 0.1) is 4.88 Å². The molecule has 3 aromatic rings. The maximum Gasteiger partial charge on any atom is 0.279 e. The average Bonchev–Trinajstić information content (AvgIpc) is 3.30. The zero-order valence-corrected chi connectivity index (χ0v) is 14.8. The van der Waals surface area contributed by atoms with Gasteiger partial charge in [0.2, 0.25) is 5.91 Å². The van der Waals surface area contributed by atoms with Gasteiger partial charge in [-0.25, -0.2) is 4.39 Å². The van der Waals surface area contributed by atoms with E-state index in [1.165, 1.54) is 23.5 Å². The highest BCUT2D eigenvalue weighted by Crippen LogP contribution is 2.28. The van der Waals surface area contributed by atoms with E-state index in [0.717, 1.165) is 16.0 Å². The summed E-state index contributed by atoms with van der Waals surface area (Å²) in [6.07, 6.45) is 0.946. The highest BCUT2D eigenvalue weighted by molar-refractivity contribution is 7.17. The summed E-state index contributed by atoms with van der Waals surface area (Å²) < 4.78 is 13.0. The number of carbonyl (C=O) groups excluding carboxylic acids is 2. The van der Waals surface area contributed by atoms with Crippen molar-refractivity contribution in [2.24, 2.45) is 0 Å². The van der Waals surface area contributed by atoms with Gasteiger partial charge in [0.1, 0.15) is 5.82 Å². The SMILES string of the molecule is O=C(CCc1ccsc1)NNC(=O)c1ccc(-c2ccc(F)cc2)s1. The highest BCUT2D eigenvalue weighted by atomic mass is 32.1. The van der Waals surface area contributed by atoms with Gasteiger partial charge in [0.25, 0.3) is 5.91 Å². The fraction of sp³-hybridized carbons (Fsp3) is 0.111. The van der Waals surface area contributed by atoms with Crippen LogP contribution in [0.1, 0.15) is 21.7 Å². The van der Waals surface area contributed by atoms with Crippen molar-refractivity contribution in [3.05, 3.63) is 69.5 Å².